The third-order valence-electron chi connectivity index (χ3n) is 3.54. The first-order chi connectivity index (χ1) is 7.57. The summed E-state index contributed by atoms with van der Waals surface area (Å²) in [7, 11) is 0. The van der Waals surface area contributed by atoms with Gasteiger partial charge in [-0.05, 0) is 33.1 Å². The molecule has 1 amide bonds. The fourth-order valence-electron chi connectivity index (χ4n) is 2.55. The van der Waals surface area contributed by atoms with E-state index < -0.39 is 5.41 Å². The topological polar surface area (TPSA) is 53.3 Å². The molecule has 0 unspecified atom stereocenters. The zero-order valence-electron chi connectivity index (χ0n) is 9.90. The Hall–Kier alpha value is -1.08. The van der Waals surface area contributed by atoms with E-state index in [-0.39, 0.29) is 18.1 Å². The molecule has 16 heavy (non-hydrogen) atoms. The molecule has 0 radical (unpaired) electrons. The Bertz CT molecular complexity index is 320. The third-order valence-corrected chi connectivity index (χ3v) is 3.54. The highest BCUT2D eigenvalue weighted by atomic mass is 16.5. The van der Waals surface area contributed by atoms with E-state index in [9.17, 15) is 4.79 Å². The van der Waals surface area contributed by atoms with Gasteiger partial charge in [0.15, 0.2) is 0 Å². The fraction of sp³-hybridized carbons (Fsp3) is 0.833. The van der Waals surface area contributed by atoms with Crippen molar-refractivity contribution in [2.75, 3.05) is 13.1 Å². The number of morpholine rings is 1. The van der Waals surface area contributed by atoms with E-state index in [1.165, 1.54) is 0 Å². The molecule has 1 saturated heterocycles. The lowest BCUT2D eigenvalue weighted by Gasteiger charge is -2.42. The number of nitrogens with zero attached hydrogens (tertiary/aromatic N) is 2. The van der Waals surface area contributed by atoms with Gasteiger partial charge < -0.3 is 9.64 Å². The standard InChI is InChI=1S/C12H18N2O2/c1-9-6-14(7-10(2)16-9)11(15)12(8-13)4-3-5-12/h9-10H,3-7H2,1-2H3/t9-,10+. The molecule has 1 heterocycles. The Morgan fingerprint density at radius 1 is 1.38 bits per heavy atom. The van der Waals surface area contributed by atoms with Gasteiger partial charge in [0.1, 0.15) is 5.41 Å². The lowest BCUT2D eigenvalue weighted by Crippen LogP contribution is -2.54. The largest absolute Gasteiger partial charge is 0.372 e. The number of nitriles is 1. The second kappa shape index (κ2) is 4.06. The highest BCUT2D eigenvalue weighted by Gasteiger charge is 2.47. The van der Waals surface area contributed by atoms with Crippen LogP contribution in [0.4, 0.5) is 0 Å². The van der Waals surface area contributed by atoms with E-state index in [1.807, 2.05) is 13.8 Å². The number of hydrogen-bond donors (Lipinski definition) is 0. The highest BCUT2D eigenvalue weighted by molar-refractivity contribution is 5.86. The molecule has 0 N–H and O–H groups in total. The molecule has 4 nitrogen and oxygen atoms in total. The van der Waals surface area contributed by atoms with Crippen LogP contribution in [-0.2, 0) is 9.53 Å². The summed E-state index contributed by atoms with van der Waals surface area (Å²) >= 11 is 0. The van der Waals surface area contributed by atoms with Crippen molar-refractivity contribution in [3.63, 3.8) is 0 Å². The van der Waals surface area contributed by atoms with Crippen LogP contribution in [0.25, 0.3) is 0 Å². The molecular weight excluding hydrogens is 204 g/mol. The Balaban J connectivity index is 2.07. The molecule has 0 aromatic heterocycles. The van der Waals surface area contributed by atoms with Crippen LogP contribution in [0.5, 0.6) is 0 Å². The minimum Gasteiger partial charge on any atom is -0.372 e. The first kappa shape index (κ1) is 11.4. The monoisotopic (exact) mass is 222 g/mol. The summed E-state index contributed by atoms with van der Waals surface area (Å²) in [5.41, 5.74) is -0.712. The summed E-state index contributed by atoms with van der Waals surface area (Å²) in [5, 5.41) is 9.14. The molecule has 88 valence electrons. The van der Waals surface area contributed by atoms with Gasteiger partial charge in [-0.1, -0.05) is 0 Å². The van der Waals surface area contributed by atoms with Crippen molar-refractivity contribution in [3.8, 4) is 6.07 Å². The first-order valence-electron chi connectivity index (χ1n) is 5.93. The Labute approximate surface area is 96.2 Å². The summed E-state index contributed by atoms with van der Waals surface area (Å²) in [6, 6.07) is 2.21. The molecule has 0 aromatic rings. The van der Waals surface area contributed by atoms with Gasteiger partial charge in [0.2, 0.25) is 5.91 Å². The minimum absolute atomic E-state index is 0.0169. The molecule has 1 aliphatic carbocycles. The van der Waals surface area contributed by atoms with E-state index >= 15 is 0 Å². The van der Waals surface area contributed by atoms with Crippen LogP contribution in [0.1, 0.15) is 33.1 Å². The highest BCUT2D eigenvalue weighted by Crippen LogP contribution is 2.42. The third kappa shape index (κ3) is 1.80. The van der Waals surface area contributed by atoms with Crippen molar-refractivity contribution in [2.24, 2.45) is 5.41 Å². The predicted molar refractivity (Wildman–Crippen MR) is 58.5 cm³/mol. The quantitative estimate of drug-likeness (QED) is 0.672. The maximum Gasteiger partial charge on any atom is 0.243 e. The SMILES string of the molecule is C[C@@H]1CN(C(=O)C2(C#N)CCC2)C[C@H](C)O1. The lowest BCUT2D eigenvalue weighted by atomic mass is 9.69. The number of carbonyl (C=O) groups is 1. The van der Waals surface area contributed by atoms with Crippen LogP contribution in [0.3, 0.4) is 0 Å². The molecule has 2 atom stereocenters. The Kier molecular flexibility index (Phi) is 2.90. The van der Waals surface area contributed by atoms with Crippen LogP contribution in [0.15, 0.2) is 0 Å². The van der Waals surface area contributed by atoms with Crippen LogP contribution < -0.4 is 0 Å². The molecular formula is C12H18N2O2. The van der Waals surface area contributed by atoms with Gasteiger partial charge in [0, 0.05) is 13.1 Å². The van der Waals surface area contributed by atoms with Gasteiger partial charge in [-0.15, -0.1) is 0 Å². The summed E-state index contributed by atoms with van der Waals surface area (Å²) in [4.78, 5) is 14.1. The number of ether oxygens (including phenoxy) is 1. The molecule has 2 aliphatic rings. The van der Waals surface area contributed by atoms with Crippen LogP contribution in [0, 0.1) is 16.7 Å². The zero-order valence-corrected chi connectivity index (χ0v) is 9.90. The van der Waals surface area contributed by atoms with Gasteiger partial charge in [0.05, 0.1) is 18.3 Å². The first-order valence-corrected chi connectivity index (χ1v) is 5.93. The van der Waals surface area contributed by atoms with Gasteiger partial charge in [-0.2, -0.15) is 5.26 Å². The molecule has 2 rings (SSSR count). The summed E-state index contributed by atoms with van der Waals surface area (Å²) in [5.74, 6) is 0.0169. The zero-order chi connectivity index (χ0) is 11.8. The maximum absolute atomic E-state index is 12.3. The van der Waals surface area contributed by atoms with Crippen LogP contribution in [-0.4, -0.2) is 36.1 Å². The average molecular weight is 222 g/mol. The van der Waals surface area contributed by atoms with Crippen molar-refractivity contribution in [1.29, 1.82) is 5.26 Å². The molecule has 1 saturated carbocycles. The number of rotatable bonds is 1. The molecule has 0 spiro atoms. The van der Waals surface area contributed by atoms with E-state index in [0.717, 1.165) is 19.3 Å². The molecule has 0 aromatic carbocycles. The van der Waals surface area contributed by atoms with Gasteiger partial charge in [-0.25, -0.2) is 0 Å². The van der Waals surface area contributed by atoms with Crippen molar-refractivity contribution in [3.05, 3.63) is 0 Å². The summed E-state index contributed by atoms with van der Waals surface area (Å²) in [6.45, 7) is 5.17. The van der Waals surface area contributed by atoms with Gasteiger partial charge in [-0.3, -0.25) is 4.79 Å². The molecule has 1 aliphatic heterocycles. The number of hydrogen-bond acceptors (Lipinski definition) is 3. The molecule has 2 fully saturated rings. The maximum atomic E-state index is 12.3. The predicted octanol–water partition coefficient (Wildman–Crippen LogP) is 1.32. The van der Waals surface area contributed by atoms with Crippen LogP contribution in [0.2, 0.25) is 0 Å². The normalized spacial score (nSPS) is 32.7. The van der Waals surface area contributed by atoms with Crippen molar-refractivity contribution < 1.29 is 9.53 Å². The summed E-state index contributed by atoms with van der Waals surface area (Å²) < 4.78 is 5.59. The van der Waals surface area contributed by atoms with Crippen molar-refractivity contribution in [1.82, 2.24) is 4.90 Å². The average Bonchev–Trinajstić information content (AvgIpc) is 2.15. The smallest absolute Gasteiger partial charge is 0.243 e. The second-order valence-electron chi connectivity index (χ2n) is 5.01. The van der Waals surface area contributed by atoms with Gasteiger partial charge in [0.25, 0.3) is 0 Å². The van der Waals surface area contributed by atoms with Crippen LogP contribution >= 0.6 is 0 Å². The van der Waals surface area contributed by atoms with E-state index in [1.54, 1.807) is 4.90 Å². The fourth-order valence-corrected chi connectivity index (χ4v) is 2.55. The Morgan fingerprint density at radius 3 is 2.31 bits per heavy atom. The van der Waals surface area contributed by atoms with Crippen molar-refractivity contribution >= 4 is 5.91 Å². The lowest BCUT2D eigenvalue weighted by molar-refractivity contribution is -0.154. The number of carbonyl (C=O) groups excluding carboxylic acids is 1. The summed E-state index contributed by atoms with van der Waals surface area (Å²) in [6.07, 6.45) is 2.59. The second-order valence-corrected chi connectivity index (χ2v) is 5.01. The minimum atomic E-state index is -0.712. The molecule has 0 bridgehead atoms. The van der Waals surface area contributed by atoms with E-state index in [4.69, 9.17) is 10.00 Å². The molecule has 4 heteroatoms. The van der Waals surface area contributed by atoms with Crippen molar-refractivity contribution in [2.45, 2.75) is 45.3 Å². The number of amides is 1. The Morgan fingerprint density at radius 2 is 1.94 bits per heavy atom. The van der Waals surface area contributed by atoms with Gasteiger partial charge >= 0.3 is 0 Å². The van der Waals surface area contributed by atoms with E-state index in [2.05, 4.69) is 6.07 Å². The van der Waals surface area contributed by atoms with E-state index in [0.29, 0.717) is 13.1 Å².